The number of nitrogens with one attached hydrogen (secondary N) is 1. The molecule has 7 rings (SSSR count). The average Bonchev–Trinajstić information content (AvgIpc) is 3.83. The summed E-state index contributed by atoms with van der Waals surface area (Å²) in [5, 5.41) is 22.0. The van der Waals surface area contributed by atoms with Gasteiger partial charge in [0.15, 0.2) is 16.7 Å². The lowest BCUT2D eigenvalue weighted by atomic mass is 9.75. The molecule has 3 atom stereocenters. The molecule has 0 amide bonds. The summed E-state index contributed by atoms with van der Waals surface area (Å²) in [4.78, 5) is 18.3. The van der Waals surface area contributed by atoms with Crippen molar-refractivity contribution in [3.8, 4) is 5.82 Å². The van der Waals surface area contributed by atoms with E-state index in [1.54, 1.807) is 30.7 Å². The van der Waals surface area contributed by atoms with Crippen LogP contribution in [0.15, 0.2) is 75.2 Å². The van der Waals surface area contributed by atoms with Gasteiger partial charge in [0.1, 0.15) is 11.3 Å². The van der Waals surface area contributed by atoms with Crippen molar-refractivity contribution in [1.29, 1.82) is 0 Å². The second kappa shape index (κ2) is 12.0. The predicted octanol–water partition coefficient (Wildman–Crippen LogP) is 2.34. The Hall–Kier alpha value is -3.93. The Morgan fingerprint density at radius 3 is 2.72 bits per heavy atom. The average molecular weight is 671 g/mol. The van der Waals surface area contributed by atoms with E-state index in [0.29, 0.717) is 53.7 Å². The summed E-state index contributed by atoms with van der Waals surface area (Å²) in [6, 6.07) is 4.93. The second-order valence-corrected chi connectivity index (χ2v) is 14.8. The van der Waals surface area contributed by atoms with E-state index in [-0.39, 0.29) is 36.9 Å². The van der Waals surface area contributed by atoms with Gasteiger partial charge in [0.25, 0.3) is 0 Å². The van der Waals surface area contributed by atoms with Crippen molar-refractivity contribution in [2.24, 2.45) is 27.6 Å². The SMILES string of the molecule is NC(=CC=NC(F)F)C1=C2CC(NS(=O)(=O)C3C4CCC3CC(O)(c3cn(-c5ccccn5)nn3)C4)CN2C(c2nccs2)=NC1. The number of hydrogen-bond donors (Lipinski definition) is 3. The number of fused-ring (bicyclic) bond motifs is 3. The number of pyridine rings is 1. The number of nitrogens with two attached hydrogens (primary N) is 1. The summed E-state index contributed by atoms with van der Waals surface area (Å²) in [6.45, 7) is -2.35. The van der Waals surface area contributed by atoms with E-state index < -0.39 is 33.5 Å². The van der Waals surface area contributed by atoms with Crippen LogP contribution in [0.4, 0.5) is 8.78 Å². The number of halogens is 2. The third kappa shape index (κ3) is 5.76. The standard InChI is InChI=1S/C29H32F2N10O3S2/c30-28(31)35-8-6-21(32)20-14-36-26(27-34-9-10-45-27)40-15-19(11-22(20)40)38-46(43,44)25-17-4-5-18(25)13-29(42,12-17)23-16-41(39-37-23)24-3-1-2-7-33-24/h1-3,6-10,16-19,25,28,38,42H,4-5,11-15,32H2. The topological polar surface area (TPSA) is 177 Å². The fourth-order valence-corrected chi connectivity index (χ4v) is 10.3. The number of allylic oxidation sites excluding steroid dienone is 1. The maximum absolute atomic E-state index is 14.0. The summed E-state index contributed by atoms with van der Waals surface area (Å²) in [7, 11) is -3.81. The number of aliphatic imine (C=N–C) groups is 2. The van der Waals surface area contributed by atoms with Crippen molar-refractivity contribution in [1.82, 2.24) is 34.6 Å². The van der Waals surface area contributed by atoms with Gasteiger partial charge in [-0.25, -0.2) is 32.8 Å². The highest BCUT2D eigenvalue weighted by atomic mass is 32.2. The van der Waals surface area contributed by atoms with Crippen LogP contribution in [-0.4, -0.2) is 86.4 Å². The molecule has 0 aromatic carbocycles. The maximum Gasteiger partial charge on any atom is 0.331 e. The lowest BCUT2D eigenvalue weighted by Crippen LogP contribution is -2.50. The third-order valence-electron chi connectivity index (χ3n) is 9.17. The molecule has 4 N–H and O–H groups in total. The second-order valence-electron chi connectivity index (χ2n) is 12.0. The van der Waals surface area contributed by atoms with Gasteiger partial charge >= 0.3 is 6.55 Å². The minimum Gasteiger partial charge on any atom is -0.398 e. The van der Waals surface area contributed by atoms with Crippen molar-refractivity contribution in [2.75, 3.05) is 13.1 Å². The Morgan fingerprint density at radius 2 is 2.02 bits per heavy atom. The number of amidine groups is 1. The van der Waals surface area contributed by atoms with Gasteiger partial charge in [-0.05, 0) is 55.7 Å². The Labute approximate surface area is 267 Å². The van der Waals surface area contributed by atoms with E-state index in [2.05, 4.69) is 35.0 Å². The summed E-state index contributed by atoms with van der Waals surface area (Å²) in [5.74, 6) is 0.660. The molecule has 2 aliphatic heterocycles. The van der Waals surface area contributed by atoms with Gasteiger partial charge in [-0.15, -0.1) is 16.4 Å². The van der Waals surface area contributed by atoms with Gasteiger partial charge in [-0.1, -0.05) is 11.3 Å². The van der Waals surface area contributed by atoms with Crippen molar-refractivity contribution in [3.05, 3.63) is 75.9 Å². The Kier molecular flexibility index (Phi) is 8.02. The van der Waals surface area contributed by atoms with Gasteiger partial charge < -0.3 is 15.7 Å². The van der Waals surface area contributed by atoms with Crippen molar-refractivity contribution in [2.45, 2.75) is 55.5 Å². The summed E-state index contributed by atoms with van der Waals surface area (Å²) < 4.78 is 57.7. The number of aliphatic hydroxyl groups is 1. The number of aromatic nitrogens is 5. The Morgan fingerprint density at radius 1 is 1.22 bits per heavy atom. The number of thiazole rings is 1. The molecule has 13 nitrogen and oxygen atoms in total. The Bertz CT molecular complexity index is 1810. The molecule has 17 heteroatoms. The first-order chi connectivity index (χ1) is 22.1. The van der Waals surface area contributed by atoms with Crippen LogP contribution < -0.4 is 10.5 Å². The zero-order valence-corrected chi connectivity index (χ0v) is 26.2. The van der Waals surface area contributed by atoms with Gasteiger partial charge in [0.05, 0.1) is 18.0 Å². The van der Waals surface area contributed by atoms with Crippen LogP contribution in [-0.2, 0) is 15.6 Å². The van der Waals surface area contributed by atoms with Crippen molar-refractivity contribution >= 4 is 33.4 Å². The van der Waals surface area contributed by atoms with Crippen molar-refractivity contribution < 1.29 is 22.3 Å². The smallest absolute Gasteiger partial charge is 0.331 e. The first-order valence-electron chi connectivity index (χ1n) is 14.9. The first-order valence-corrected chi connectivity index (χ1v) is 17.3. The zero-order chi connectivity index (χ0) is 32.1. The minimum absolute atomic E-state index is 0.196. The molecular formula is C29H32F2N10O3S2. The number of nitrogens with zero attached hydrogens (tertiary/aromatic N) is 8. The number of sulfonamides is 1. The zero-order valence-electron chi connectivity index (χ0n) is 24.5. The van der Waals surface area contributed by atoms with E-state index in [9.17, 15) is 22.3 Å². The lowest BCUT2D eigenvalue weighted by Gasteiger charge is -2.39. The fraction of sp³-hybridized carbons (Fsp3) is 0.448. The summed E-state index contributed by atoms with van der Waals surface area (Å²) >= 11 is 1.42. The van der Waals surface area contributed by atoms with E-state index in [4.69, 9.17) is 5.73 Å². The summed E-state index contributed by atoms with van der Waals surface area (Å²) in [6.07, 6.45) is 9.46. The van der Waals surface area contributed by atoms with Gasteiger partial charge in [0, 0.05) is 60.0 Å². The maximum atomic E-state index is 14.0. The molecule has 0 spiro atoms. The number of rotatable bonds is 9. The molecule has 5 heterocycles. The van der Waals surface area contributed by atoms with Gasteiger partial charge in [-0.3, -0.25) is 4.99 Å². The van der Waals surface area contributed by atoms with Crippen LogP contribution in [0.3, 0.4) is 0 Å². The number of hydrogen-bond acceptors (Lipinski definition) is 12. The first kappa shape index (κ1) is 30.7. The van der Waals surface area contributed by atoms with Crippen LogP contribution >= 0.6 is 11.3 Å². The van der Waals surface area contributed by atoms with Crippen LogP contribution in [0.1, 0.15) is 42.8 Å². The number of alkyl halides is 2. The lowest BCUT2D eigenvalue weighted by molar-refractivity contribution is -0.0279. The molecule has 2 aliphatic carbocycles. The van der Waals surface area contributed by atoms with Gasteiger partial charge in [-0.2, -0.15) is 8.78 Å². The molecule has 3 fully saturated rings. The highest BCUT2D eigenvalue weighted by Gasteiger charge is 2.55. The monoisotopic (exact) mass is 670 g/mol. The fourth-order valence-electron chi connectivity index (χ4n) is 7.35. The third-order valence-corrected chi connectivity index (χ3v) is 12.1. The van der Waals surface area contributed by atoms with E-state index in [0.717, 1.165) is 11.9 Å². The van der Waals surface area contributed by atoms with E-state index >= 15 is 0 Å². The molecule has 242 valence electrons. The molecule has 0 radical (unpaired) electrons. The molecule has 1 saturated heterocycles. The quantitative estimate of drug-likeness (QED) is 0.228. The minimum atomic E-state index is -3.81. The van der Waals surface area contributed by atoms with E-state index in [1.165, 1.54) is 22.1 Å². The van der Waals surface area contributed by atoms with Gasteiger partial charge in [0.2, 0.25) is 10.0 Å². The summed E-state index contributed by atoms with van der Waals surface area (Å²) in [5.41, 5.74) is 7.02. The predicted molar refractivity (Wildman–Crippen MR) is 167 cm³/mol. The van der Waals surface area contributed by atoms with Crippen LogP contribution in [0, 0.1) is 11.8 Å². The van der Waals surface area contributed by atoms with E-state index in [1.807, 2.05) is 16.3 Å². The molecular weight excluding hydrogens is 639 g/mol. The Balaban J connectivity index is 1.10. The highest BCUT2D eigenvalue weighted by Crippen LogP contribution is 2.52. The normalized spacial score (nSPS) is 28.4. The molecule has 3 aromatic heterocycles. The molecule has 3 unspecified atom stereocenters. The van der Waals surface area contributed by atoms with Crippen LogP contribution in [0.2, 0.25) is 0 Å². The molecule has 4 aliphatic rings. The largest absolute Gasteiger partial charge is 0.398 e. The van der Waals surface area contributed by atoms with Crippen molar-refractivity contribution in [3.63, 3.8) is 0 Å². The molecule has 2 saturated carbocycles. The molecule has 2 bridgehead atoms. The van der Waals surface area contributed by atoms with Crippen LogP contribution in [0.25, 0.3) is 5.82 Å². The highest BCUT2D eigenvalue weighted by molar-refractivity contribution is 7.90. The molecule has 3 aromatic rings. The molecule has 46 heavy (non-hydrogen) atoms. The van der Waals surface area contributed by atoms with Crippen LogP contribution in [0.5, 0.6) is 0 Å².